The highest BCUT2D eigenvalue weighted by atomic mass is 16.2. The Morgan fingerprint density at radius 3 is 2.29 bits per heavy atom. The van der Waals surface area contributed by atoms with E-state index in [1.165, 1.54) is 0 Å². The molecule has 0 fully saturated rings. The number of amides is 2. The van der Waals surface area contributed by atoms with Crippen LogP contribution < -0.4 is 16.4 Å². The van der Waals surface area contributed by atoms with Gasteiger partial charge < -0.3 is 16.4 Å². The van der Waals surface area contributed by atoms with Crippen molar-refractivity contribution in [1.29, 1.82) is 0 Å². The van der Waals surface area contributed by atoms with Gasteiger partial charge in [-0.3, -0.25) is 9.59 Å². The van der Waals surface area contributed by atoms with Gasteiger partial charge in [0.2, 0.25) is 11.8 Å². The first-order chi connectivity index (χ1) is 6.49. The van der Waals surface area contributed by atoms with Crippen molar-refractivity contribution in [2.75, 3.05) is 13.1 Å². The van der Waals surface area contributed by atoms with Gasteiger partial charge in [-0.2, -0.15) is 0 Å². The molecule has 2 amide bonds. The molecule has 1 unspecified atom stereocenters. The second-order valence-corrected chi connectivity index (χ2v) is 3.44. The third-order valence-electron chi connectivity index (χ3n) is 1.82. The van der Waals surface area contributed by atoms with E-state index >= 15 is 0 Å². The number of likely N-dealkylation sites (N-methyl/N-ethyl adjacent to an activating group) is 1. The summed E-state index contributed by atoms with van der Waals surface area (Å²) in [4.78, 5) is 22.3. The Hall–Kier alpha value is -1.10. The number of carbonyl (C=O) groups excluding carboxylic acids is 2. The second kappa shape index (κ2) is 6.37. The molecular weight excluding hydrogens is 182 g/mol. The normalized spacial score (nSPS) is 12.4. The van der Waals surface area contributed by atoms with Crippen molar-refractivity contribution in [2.45, 2.75) is 26.8 Å². The fraction of sp³-hybridized carbons (Fsp3) is 0.778. The van der Waals surface area contributed by atoms with E-state index in [0.717, 1.165) is 0 Å². The molecule has 0 saturated heterocycles. The van der Waals surface area contributed by atoms with Gasteiger partial charge in [0.1, 0.15) is 0 Å². The van der Waals surface area contributed by atoms with Gasteiger partial charge in [-0.1, -0.05) is 13.8 Å². The molecule has 0 aliphatic rings. The van der Waals surface area contributed by atoms with Crippen molar-refractivity contribution in [3.63, 3.8) is 0 Å². The SMILES string of the molecule is CCNC(=O)CNC(=O)C(N)C(C)C. The second-order valence-electron chi connectivity index (χ2n) is 3.44. The maximum atomic E-state index is 11.3. The molecule has 82 valence electrons. The summed E-state index contributed by atoms with van der Waals surface area (Å²) in [6.45, 7) is 6.09. The standard InChI is InChI=1S/C9H19N3O2/c1-4-11-7(13)5-12-9(14)8(10)6(2)3/h6,8H,4-5,10H2,1-3H3,(H,11,13)(H,12,14). The van der Waals surface area contributed by atoms with E-state index < -0.39 is 6.04 Å². The lowest BCUT2D eigenvalue weighted by Crippen LogP contribution is -2.47. The van der Waals surface area contributed by atoms with Gasteiger partial charge in [0, 0.05) is 6.54 Å². The van der Waals surface area contributed by atoms with Crippen molar-refractivity contribution in [1.82, 2.24) is 10.6 Å². The zero-order valence-electron chi connectivity index (χ0n) is 8.96. The monoisotopic (exact) mass is 201 g/mol. The summed E-state index contributed by atoms with van der Waals surface area (Å²) in [5.41, 5.74) is 5.58. The molecule has 5 nitrogen and oxygen atoms in total. The molecule has 14 heavy (non-hydrogen) atoms. The van der Waals surface area contributed by atoms with Gasteiger partial charge >= 0.3 is 0 Å². The molecule has 0 bridgehead atoms. The molecule has 5 heteroatoms. The smallest absolute Gasteiger partial charge is 0.239 e. The summed E-state index contributed by atoms with van der Waals surface area (Å²) in [7, 11) is 0. The van der Waals surface area contributed by atoms with Crippen molar-refractivity contribution in [3.05, 3.63) is 0 Å². The summed E-state index contributed by atoms with van der Waals surface area (Å²) >= 11 is 0. The van der Waals surface area contributed by atoms with Crippen LogP contribution in [-0.4, -0.2) is 30.9 Å². The lowest BCUT2D eigenvalue weighted by molar-refractivity contribution is -0.127. The van der Waals surface area contributed by atoms with E-state index in [1.54, 1.807) is 0 Å². The molecule has 0 aromatic carbocycles. The number of rotatable bonds is 5. The highest BCUT2D eigenvalue weighted by Gasteiger charge is 2.17. The van der Waals surface area contributed by atoms with Crippen LogP contribution in [0.4, 0.5) is 0 Å². The van der Waals surface area contributed by atoms with E-state index in [9.17, 15) is 9.59 Å². The molecule has 0 aromatic heterocycles. The minimum atomic E-state index is -0.551. The maximum Gasteiger partial charge on any atom is 0.239 e. The van der Waals surface area contributed by atoms with Gasteiger partial charge in [0.05, 0.1) is 12.6 Å². The van der Waals surface area contributed by atoms with Gasteiger partial charge in [0.25, 0.3) is 0 Å². The Kier molecular flexibility index (Phi) is 5.87. The van der Waals surface area contributed by atoms with Gasteiger partial charge in [-0.05, 0) is 12.8 Å². The van der Waals surface area contributed by atoms with Crippen LogP contribution in [0.25, 0.3) is 0 Å². The minimum Gasteiger partial charge on any atom is -0.355 e. The van der Waals surface area contributed by atoms with Gasteiger partial charge in [0.15, 0.2) is 0 Å². The quantitative estimate of drug-likeness (QED) is 0.545. The molecular formula is C9H19N3O2. The molecule has 4 N–H and O–H groups in total. The van der Waals surface area contributed by atoms with Crippen LogP contribution >= 0.6 is 0 Å². The van der Waals surface area contributed by atoms with E-state index in [1.807, 2.05) is 20.8 Å². The predicted octanol–water partition coefficient (Wildman–Crippen LogP) is -0.778. The van der Waals surface area contributed by atoms with Gasteiger partial charge in [-0.15, -0.1) is 0 Å². The van der Waals surface area contributed by atoms with Crippen molar-refractivity contribution >= 4 is 11.8 Å². The lowest BCUT2D eigenvalue weighted by atomic mass is 10.1. The van der Waals surface area contributed by atoms with Crippen LogP contribution in [0.15, 0.2) is 0 Å². The van der Waals surface area contributed by atoms with E-state index in [4.69, 9.17) is 5.73 Å². The first-order valence-corrected chi connectivity index (χ1v) is 4.79. The summed E-state index contributed by atoms with van der Waals surface area (Å²) in [5.74, 6) is -0.410. The minimum absolute atomic E-state index is 0.00685. The molecule has 0 aliphatic heterocycles. The zero-order valence-corrected chi connectivity index (χ0v) is 8.96. The number of hydrogen-bond donors (Lipinski definition) is 3. The van der Waals surface area contributed by atoms with E-state index in [2.05, 4.69) is 10.6 Å². The third kappa shape index (κ3) is 4.81. The summed E-state index contributed by atoms with van der Waals surface area (Å²) in [5, 5.41) is 5.05. The van der Waals surface area contributed by atoms with Crippen LogP contribution in [-0.2, 0) is 9.59 Å². The van der Waals surface area contributed by atoms with Crippen LogP contribution in [0.3, 0.4) is 0 Å². The van der Waals surface area contributed by atoms with Crippen molar-refractivity contribution < 1.29 is 9.59 Å². The number of nitrogens with one attached hydrogen (secondary N) is 2. The van der Waals surface area contributed by atoms with Gasteiger partial charge in [-0.25, -0.2) is 0 Å². The molecule has 0 saturated carbocycles. The Morgan fingerprint density at radius 2 is 1.86 bits per heavy atom. The largest absolute Gasteiger partial charge is 0.355 e. The van der Waals surface area contributed by atoms with Crippen LogP contribution in [0.5, 0.6) is 0 Å². The van der Waals surface area contributed by atoms with Crippen molar-refractivity contribution in [2.24, 2.45) is 11.7 Å². The highest BCUT2D eigenvalue weighted by Crippen LogP contribution is 1.96. The molecule has 0 spiro atoms. The van der Waals surface area contributed by atoms with Crippen LogP contribution in [0.1, 0.15) is 20.8 Å². The Balaban J connectivity index is 3.79. The fourth-order valence-corrected chi connectivity index (χ4v) is 0.848. The van der Waals surface area contributed by atoms with Crippen molar-refractivity contribution in [3.8, 4) is 0 Å². The molecule has 1 atom stereocenters. The van der Waals surface area contributed by atoms with Crippen LogP contribution in [0, 0.1) is 5.92 Å². The first kappa shape index (κ1) is 12.9. The number of carbonyl (C=O) groups is 2. The topological polar surface area (TPSA) is 84.2 Å². The zero-order chi connectivity index (χ0) is 11.1. The maximum absolute atomic E-state index is 11.3. The predicted molar refractivity (Wildman–Crippen MR) is 54.5 cm³/mol. The Bertz CT molecular complexity index is 204. The highest BCUT2D eigenvalue weighted by molar-refractivity contribution is 5.87. The molecule has 0 aliphatic carbocycles. The Labute approximate surface area is 84.4 Å². The number of hydrogen-bond acceptors (Lipinski definition) is 3. The fourth-order valence-electron chi connectivity index (χ4n) is 0.848. The first-order valence-electron chi connectivity index (χ1n) is 4.79. The lowest BCUT2D eigenvalue weighted by Gasteiger charge is -2.14. The van der Waals surface area contributed by atoms with Crippen LogP contribution in [0.2, 0.25) is 0 Å². The average Bonchev–Trinajstić information content (AvgIpc) is 2.13. The molecule has 0 heterocycles. The Morgan fingerprint density at radius 1 is 1.29 bits per heavy atom. The average molecular weight is 201 g/mol. The van der Waals surface area contributed by atoms with E-state index in [-0.39, 0.29) is 24.3 Å². The third-order valence-corrected chi connectivity index (χ3v) is 1.82. The summed E-state index contributed by atoms with van der Waals surface area (Å²) < 4.78 is 0. The summed E-state index contributed by atoms with van der Waals surface area (Å²) in [6, 6.07) is -0.551. The molecule has 0 aromatic rings. The molecule has 0 rings (SSSR count). The number of nitrogens with two attached hydrogens (primary N) is 1. The summed E-state index contributed by atoms with van der Waals surface area (Å²) in [6.07, 6.45) is 0. The molecule has 0 radical (unpaired) electrons. The van der Waals surface area contributed by atoms with E-state index in [0.29, 0.717) is 6.54 Å².